The molecule has 0 aliphatic rings. The van der Waals surface area contributed by atoms with Crippen molar-refractivity contribution in [2.45, 2.75) is 19.9 Å². The van der Waals surface area contributed by atoms with Crippen molar-refractivity contribution in [3.63, 3.8) is 0 Å². The molecule has 0 radical (unpaired) electrons. The third-order valence-corrected chi connectivity index (χ3v) is 2.36. The third kappa shape index (κ3) is 2.48. The first-order chi connectivity index (χ1) is 8.58. The second-order valence-electron chi connectivity index (χ2n) is 4.12. The molecule has 3 N–H and O–H groups in total. The first-order valence-electron chi connectivity index (χ1n) is 5.59. The van der Waals surface area contributed by atoms with Crippen LogP contribution in [0.3, 0.4) is 0 Å². The molecule has 6 nitrogen and oxygen atoms in total. The third-order valence-electron chi connectivity index (χ3n) is 2.36. The molecule has 0 aliphatic heterocycles. The summed E-state index contributed by atoms with van der Waals surface area (Å²) in [4.78, 5) is 4.01. The van der Waals surface area contributed by atoms with Gasteiger partial charge in [0.05, 0.1) is 12.4 Å². The summed E-state index contributed by atoms with van der Waals surface area (Å²) in [6.07, 6.45) is 4.99. The number of pyridine rings is 1. The lowest BCUT2D eigenvalue weighted by molar-refractivity contribution is 0.473. The molecule has 0 aromatic carbocycles. The largest absolute Gasteiger partial charge is 0.452 e. The summed E-state index contributed by atoms with van der Waals surface area (Å²) in [5.74, 6) is 0.925. The van der Waals surface area contributed by atoms with Gasteiger partial charge in [-0.15, -0.1) is 0 Å². The number of ether oxygens (including phenoxy) is 1. The standard InChI is InChI=1S/C12H15N5O/c1-8(2)17-7-9(6-16-17)18-10-4-3-5-15-11(10)12(13)14/h3-8H,1-2H3,(H3,13,14). The normalized spacial score (nSPS) is 10.6. The topological polar surface area (TPSA) is 89.8 Å². The number of nitrogens with zero attached hydrogens (tertiary/aromatic N) is 3. The van der Waals surface area contributed by atoms with Gasteiger partial charge < -0.3 is 10.5 Å². The fourth-order valence-electron chi connectivity index (χ4n) is 1.46. The van der Waals surface area contributed by atoms with E-state index >= 15 is 0 Å². The lowest BCUT2D eigenvalue weighted by atomic mass is 10.3. The Kier molecular flexibility index (Phi) is 3.27. The van der Waals surface area contributed by atoms with Gasteiger partial charge in [-0.1, -0.05) is 0 Å². The molecule has 94 valence electrons. The molecule has 2 aromatic heterocycles. The van der Waals surface area contributed by atoms with Crippen molar-refractivity contribution >= 4 is 5.84 Å². The van der Waals surface area contributed by atoms with E-state index in [9.17, 15) is 0 Å². The Hall–Kier alpha value is -2.37. The smallest absolute Gasteiger partial charge is 0.165 e. The van der Waals surface area contributed by atoms with Gasteiger partial charge in [-0.25, -0.2) is 4.98 Å². The summed E-state index contributed by atoms with van der Waals surface area (Å²) in [6, 6.07) is 3.72. The van der Waals surface area contributed by atoms with Gasteiger partial charge in [0.25, 0.3) is 0 Å². The molecule has 0 fully saturated rings. The van der Waals surface area contributed by atoms with E-state index in [-0.39, 0.29) is 11.9 Å². The molecule has 2 aromatic rings. The van der Waals surface area contributed by atoms with Gasteiger partial charge >= 0.3 is 0 Å². The Morgan fingerprint density at radius 2 is 2.28 bits per heavy atom. The van der Waals surface area contributed by atoms with Crippen LogP contribution < -0.4 is 10.5 Å². The van der Waals surface area contributed by atoms with Crippen LogP contribution in [0.15, 0.2) is 30.7 Å². The Labute approximate surface area is 105 Å². The number of hydrogen-bond donors (Lipinski definition) is 2. The first-order valence-corrected chi connectivity index (χ1v) is 5.59. The minimum absolute atomic E-state index is 0.123. The zero-order chi connectivity index (χ0) is 13.1. The predicted molar refractivity (Wildman–Crippen MR) is 67.9 cm³/mol. The van der Waals surface area contributed by atoms with Crippen LogP contribution in [0.4, 0.5) is 0 Å². The summed E-state index contributed by atoms with van der Waals surface area (Å²) < 4.78 is 7.43. The van der Waals surface area contributed by atoms with Gasteiger partial charge in [-0.05, 0) is 26.0 Å². The Morgan fingerprint density at radius 3 is 2.89 bits per heavy atom. The van der Waals surface area contributed by atoms with Gasteiger partial charge in [0.15, 0.2) is 11.5 Å². The number of nitrogens with two attached hydrogens (primary N) is 1. The molecule has 2 heterocycles. The van der Waals surface area contributed by atoms with Crippen LogP contribution in [-0.4, -0.2) is 20.6 Å². The van der Waals surface area contributed by atoms with Crippen LogP contribution in [0.2, 0.25) is 0 Å². The average molecular weight is 245 g/mol. The summed E-state index contributed by atoms with van der Waals surface area (Å²) in [6.45, 7) is 4.06. The quantitative estimate of drug-likeness (QED) is 0.636. The van der Waals surface area contributed by atoms with Crippen LogP contribution >= 0.6 is 0 Å². The minimum atomic E-state index is -0.123. The van der Waals surface area contributed by atoms with Gasteiger partial charge in [0.1, 0.15) is 11.5 Å². The van der Waals surface area contributed by atoms with Crippen molar-refractivity contribution in [3.8, 4) is 11.5 Å². The number of hydrogen-bond acceptors (Lipinski definition) is 4. The summed E-state index contributed by atoms with van der Waals surface area (Å²) in [5, 5.41) is 11.6. The second kappa shape index (κ2) is 4.87. The molecule has 0 aliphatic carbocycles. The minimum Gasteiger partial charge on any atom is -0.452 e. The molecule has 0 amide bonds. The maximum atomic E-state index is 7.43. The first kappa shape index (κ1) is 12.1. The van der Waals surface area contributed by atoms with Gasteiger partial charge in [-0.2, -0.15) is 5.10 Å². The van der Waals surface area contributed by atoms with Crippen LogP contribution in [-0.2, 0) is 0 Å². The maximum Gasteiger partial charge on any atom is 0.165 e. The predicted octanol–water partition coefficient (Wildman–Crippen LogP) is 1.94. The Bertz CT molecular complexity index is 561. The summed E-state index contributed by atoms with van der Waals surface area (Å²) in [5.41, 5.74) is 5.77. The van der Waals surface area contributed by atoms with E-state index in [1.165, 1.54) is 0 Å². The van der Waals surface area contributed by atoms with Crippen LogP contribution in [0, 0.1) is 5.41 Å². The lowest BCUT2D eigenvalue weighted by Gasteiger charge is -2.07. The van der Waals surface area contributed by atoms with Crippen LogP contribution in [0.5, 0.6) is 11.5 Å². The molecule has 0 spiro atoms. The van der Waals surface area contributed by atoms with Gasteiger partial charge in [-0.3, -0.25) is 10.1 Å². The van der Waals surface area contributed by atoms with E-state index in [2.05, 4.69) is 10.1 Å². The van der Waals surface area contributed by atoms with E-state index in [1.807, 2.05) is 13.8 Å². The number of nitrogen functional groups attached to an aromatic ring is 1. The highest BCUT2D eigenvalue weighted by atomic mass is 16.5. The highest BCUT2D eigenvalue weighted by molar-refractivity contribution is 5.95. The lowest BCUT2D eigenvalue weighted by Crippen LogP contribution is -2.14. The monoisotopic (exact) mass is 245 g/mol. The van der Waals surface area contributed by atoms with E-state index in [4.69, 9.17) is 15.9 Å². The Morgan fingerprint density at radius 1 is 1.50 bits per heavy atom. The highest BCUT2D eigenvalue weighted by Gasteiger charge is 2.10. The van der Waals surface area contributed by atoms with Crippen molar-refractivity contribution in [2.24, 2.45) is 5.73 Å². The molecule has 0 atom stereocenters. The van der Waals surface area contributed by atoms with E-state index < -0.39 is 0 Å². The van der Waals surface area contributed by atoms with Crippen molar-refractivity contribution in [1.82, 2.24) is 14.8 Å². The maximum absolute atomic E-state index is 7.43. The molecule has 0 bridgehead atoms. The van der Waals surface area contributed by atoms with Crippen molar-refractivity contribution < 1.29 is 4.74 Å². The van der Waals surface area contributed by atoms with E-state index in [1.54, 1.807) is 35.4 Å². The molecular formula is C12H15N5O. The van der Waals surface area contributed by atoms with Gasteiger partial charge in [0.2, 0.25) is 0 Å². The highest BCUT2D eigenvalue weighted by Crippen LogP contribution is 2.23. The molecule has 0 unspecified atom stereocenters. The Balaban J connectivity index is 2.25. The van der Waals surface area contributed by atoms with Crippen molar-refractivity contribution in [2.75, 3.05) is 0 Å². The number of aromatic nitrogens is 3. The average Bonchev–Trinajstić information content (AvgIpc) is 2.78. The fraction of sp³-hybridized carbons (Fsp3) is 0.250. The van der Waals surface area contributed by atoms with Crippen molar-refractivity contribution in [3.05, 3.63) is 36.4 Å². The number of amidine groups is 1. The summed E-state index contributed by atoms with van der Waals surface area (Å²) in [7, 11) is 0. The number of nitrogens with one attached hydrogen (secondary N) is 1. The van der Waals surface area contributed by atoms with E-state index in [0.29, 0.717) is 17.2 Å². The zero-order valence-corrected chi connectivity index (χ0v) is 10.3. The van der Waals surface area contributed by atoms with Crippen LogP contribution in [0.25, 0.3) is 0 Å². The summed E-state index contributed by atoms with van der Waals surface area (Å²) >= 11 is 0. The molecule has 6 heteroatoms. The van der Waals surface area contributed by atoms with Crippen LogP contribution in [0.1, 0.15) is 25.6 Å². The number of rotatable bonds is 4. The second-order valence-corrected chi connectivity index (χ2v) is 4.12. The molecule has 0 saturated heterocycles. The zero-order valence-electron chi connectivity index (χ0n) is 10.3. The van der Waals surface area contributed by atoms with Gasteiger partial charge in [0, 0.05) is 12.2 Å². The molecular weight excluding hydrogens is 230 g/mol. The van der Waals surface area contributed by atoms with E-state index in [0.717, 1.165) is 0 Å². The molecule has 0 saturated carbocycles. The van der Waals surface area contributed by atoms with Crippen molar-refractivity contribution in [1.29, 1.82) is 5.41 Å². The fourth-order valence-corrected chi connectivity index (χ4v) is 1.46. The SMILES string of the molecule is CC(C)n1cc(Oc2cccnc2C(=N)N)cn1. The molecule has 18 heavy (non-hydrogen) atoms. The molecule has 2 rings (SSSR count).